The molecule has 46 heavy (non-hydrogen) atoms. The van der Waals surface area contributed by atoms with Crippen molar-refractivity contribution in [1.82, 2.24) is 10.6 Å². The van der Waals surface area contributed by atoms with Crippen LogP contribution in [0.1, 0.15) is 45.7 Å². The SMILES string of the molecule is COC[C@@H](CC(O)[C@H](COc1cc(F)cc(F)c1)NC(=O)c1cc(C(=O)N[C@H](C)c2ccccc2)cc(N(C)S(C)(=O)=O)c1)OC. The molecular weight excluding hydrogens is 624 g/mol. The number of ether oxygens (including phenoxy) is 3. The number of carbonyl (C=O) groups is 2. The third-order valence-electron chi connectivity index (χ3n) is 7.19. The van der Waals surface area contributed by atoms with Crippen molar-refractivity contribution < 1.29 is 46.1 Å². The molecule has 0 radical (unpaired) electrons. The average Bonchev–Trinajstić information content (AvgIpc) is 3.01. The number of sulfonamides is 1. The number of methoxy groups -OCH3 is 2. The zero-order chi connectivity index (χ0) is 34.0. The standard InChI is InChI=1S/C32H39F2N3O8S/c1-20(21-9-7-6-8-10-21)35-31(39)22-11-23(13-26(12-22)37(2)46(5,41)42)32(40)36-29(30(38)17-28(44-4)18-43-3)19-45-27-15-24(33)14-25(34)16-27/h6-16,20,28-30,38H,17-19H2,1-5H3,(H,35,39)(H,36,40)/t20-,28-,29+,30?/m1/s1. The van der Waals surface area contributed by atoms with Gasteiger partial charge >= 0.3 is 0 Å². The Kier molecular flexibility index (Phi) is 13.0. The molecule has 3 aromatic carbocycles. The Balaban J connectivity index is 1.94. The second-order valence-corrected chi connectivity index (χ2v) is 12.7. The Morgan fingerprint density at radius 1 is 0.913 bits per heavy atom. The lowest BCUT2D eigenvalue weighted by atomic mass is 10.0. The third kappa shape index (κ3) is 10.5. The molecule has 0 spiro atoms. The van der Waals surface area contributed by atoms with Crippen molar-refractivity contribution in [1.29, 1.82) is 0 Å². The summed E-state index contributed by atoms with van der Waals surface area (Å²) in [4.78, 5) is 27.0. The molecule has 0 saturated heterocycles. The summed E-state index contributed by atoms with van der Waals surface area (Å²) < 4.78 is 69.2. The molecule has 0 bridgehead atoms. The van der Waals surface area contributed by atoms with Gasteiger partial charge in [0.15, 0.2) is 0 Å². The third-order valence-corrected chi connectivity index (χ3v) is 8.39. The minimum atomic E-state index is -3.79. The Morgan fingerprint density at radius 3 is 2.04 bits per heavy atom. The molecule has 3 rings (SSSR count). The van der Waals surface area contributed by atoms with E-state index >= 15 is 0 Å². The minimum absolute atomic E-state index is 0.00376. The van der Waals surface area contributed by atoms with Crippen LogP contribution in [0.25, 0.3) is 0 Å². The molecule has 1 unspecified atom stereocenters. The molecule has 0 aliphatic rings. The van der Waals surface area contributed by atoms with Gasteiger partial charge in [-0.3, -0.25) is 13.9 Å². The molecule has 2 amide bonds. The highest BCUT2D eigenvalue weighted by Crippen LogP contribution is 2.23. The number of amides is 2. The molecule has 0 saturated carbocycles. The number of benzene rings is 3. The predicted octanol–water partition coefficient (Wildman–Crippen LogP) is 3.44. The smallest absolute Gasteiger partial charge is 0.251 e. The normalized spacial score (nSPS) is 14.1. The van der Waals surface area contributed by atoms with Crippen molar-refractivity contribution in [2.24, 2.45) is 0 Å². The van der Waals surface area contributed by atoms with Gasteiger partial charge in [-0.1, -0.05) is 30.3 Å². The summed E-state index contributed by atoms with van der Waals surface area (Å²) in [5.41, 5.74) is 0.774. The molecule has 0 heterocycles. The maximum absolute atomic E-state index is 13.8. The highest BCUT2D eigenvalue weighted by molar-refractivity contribution is 7.92. The average molecular weight is 664 g/mol. The van der Waals surface area contributed by atoms with E-state index in [2.05, 4.69) is 10.6 Å². The van der Waals surface area contributed by atoms with Crippen molar-refractivity contribution >= 4 is 27.5 Å². The van der Waals surface area contributed by atoms with E-state index in [4.69, 9.17) is 14.2 Å². The number of nitrogens with zero attached hydrogens (tertiary/aromatic N) is 1. The van der Waals surface area contributed by atoms with Crippen LogP contribution in [0.4, 0.5) is 14.5 Å². The lowest BCUT2D eigenvalue weighted by Gasteiger charge is -2.27. The van der Waals surface area contributed by atoms with Crippen LogP contribution in [-0.4, -0.2) is 84.3 Å². The van der Waals surface area contributed by atoms with Crippen LogP contribution in [0.15, 0.2) is 66.7 Å². The van der Waals surface area contributed by atoms with E-state index in [0.29, 0.717) is 6.07 Å². The first-order valence-corrected chi connectivity index (χ1v) is 16.1. The van der Waals surface area contributed by atoms with E-state index in [9.17, 15) is 31.9 Å². The van der Waals surface area contributed by atoms with E-state index in [1.807, 2.05) is 30.3 Å². The summed E-state index contributed by atoms with van der Waals surface area (Å²) in [5, 5.41) is 16.6. The van der Waals surface area contributed by atoms with Gasteiger partial charge in [-0.05, 0) is 30.7 Å². The van der Waals surface area contributed by atoms with Gasteiger partial charge in [0.25, 0.3) is 11.8 Å². The van der Waals surface area contributed by atoms with Crippen molar-refractivity contribution in [2.45, 2.75) is 37.6 Å². The predicted molar refractivity (Wildman–Crippen MR) is 168 cm³/mol. The lowest BCUT2D eigenvalue weighted by molar-refractivity contribution is -0.0156. The summed E-state index contributed by atoms with van der Waals surface area (Å²) in [6, 6.07) is 14.1. The lowest BCUT2D eigenvalue weighted by Crippen LogP contribution is -2.48. The summed E-state index contributed by atoms with van der Waals surface area (Å²) >= 11 is 0. The van der Waals surface area contributed by atoms with Crippen molar-refractivity contribution in [3.63, 3.8) is 0 Å². The van der Waals surface area contributed by atoms with Gasteiger partial charge in [-0.2, -0.15) is 0 Å². The fourth-order valence-electron chi connectivity index (χ4n) is 4.50. The number of hydrogen-bond donors (Lipinski definition) is 3. The molecule has 0 aliphatic carbocycles. The first kappa shape index (κ1) is 36.4. The summed E-state index contributed by atoms with van der Waals surface area (Å²) in [7, 11) is 0.363. The van der Waals surface area contributed by atoms with Crippen molar-refractivity contribution in [3.8, 4) is 5.75 Å². The van der Waals surface area contributed by atoms with E-state index in [1.54, 1.807) is 6.92 Å². The van der Waals surface area contributed by atoms with Crippen LogP contribution < -0.4 is 19.7 Å². The van der Waals surface area contributed by atoms with Crippen molar-refractivity contribution in [3.05, 3.63) is 95.1 Å². The summed E-state index contributed by atoms with van der Waals surface area (Å²) in [5.74, 6) is -3.28. The van der Waals surface area contributed by atoms with Gasteiger partial charge in [0.05, 0.1) is 42.8 Å². The zero-order valence-corrected chi connectivity index (χ0v) is 27.0. The monoisotopic (exact) mass is 663 g/mol. The summed E-state index contributed by atoms with van der Waals surface area (Å²) in [6.07, 6.45) is -0.904. The molecule has 3 aromatic rings. The maximum atomic E-state index is 13.8. The fraction of sp³-hybridized carbons (Fsp3) is 0.375. The van der Waals surface area contributed by atoms with Crippen LogP contribution in [-0.2, 0) is 19.5 Å². The molecule has 14 heteroatoms. The second-order valence-electron chi connectivity index (χ2n) is 10.7. The number of carbonyl (C=O) groups excluding carboxylic acids is 2. The van der Waals surface area contributed by atoms with Gasteiger partial charge in [-0.25, -0.2) is 17.2 Å². The van der Waals surface area contributed by atoms with Gasteiger partial charge in [0.1, 0.15) is 24.0 Å². The highest BCUT2D eigenvalue weighted by atomic mass is 32.2. The number of nitrogens with one attached hydrogen (secondary N) is 2. The topological polar surface area (TPSA) is 143 Å². The Labute approximate surface area is 267 Å². The summed E-state index contributed by atoms with van der Waals surface area (Å²) in [6.45, 7) is 1.49. The Bertz CT molecular complexity index is 1570. The molecule has 0 fully saturated rings. The van der Waals surface area contributed by atoms with Gasteiger partial charge in [-0.15, -0.1) is 0 Å². The Morgan fingerprint density at radius 2 is 1.50 bits per heavy atom. The van der Waals surface area contributed by atoms with E-state index in [1.165, 1.54) is 39.5 Å². The number of anilines is 1. The van der Waals surface area contributed by atoms with Crippen LogP contribution in [0.5, 0.6) is 5.75 Å². The van der Waals surface area contributed by atoms with Crippen LogP contribution in [0.3, 0.4) is 0 Å². The van der Waals surface area contributed by atoms with E-state index < -0.39 is 64.4 Å². The van der Waals surface area contributed by atoms with Gasteiger partial charge in [0, 0.05) is 57.0 Å². The quantitative estimate of drug-likeness (QED) is 0.212. The number of aliphatic hydroxyl groups is 1. The first-order valence-electron chi connectivity index (χ1n) is 14.3. The first-order chi connectivity index (χ1) is 21.7. The van der Waals surface area contributed by atoms with E-state index in [-0.39, 0.29) is 35.6 Å². The molecule has 0 aromatic heterocycles. The number of halogens is 2. The van der Waals surface area contributed by atoms with E-state index in [0.717, 1.165) is 28.3 Å². The second kappa shape index (κ2) is 16.5. The highest BCUT2D eigenvalue weighted by Gasteiger charge is 2.28. The van der Waals surface area contributed by atoms with Gasteiger partial charge < -0.3 is 30.0 Å². The molecule has 250 valence electrons. The zero-order valence-electron chi connectivity index (χ0n) is 26.2. The maximum Gasteiger partial charge on any atom is 0.251 e. The van der Waals surface area contributed by atoms with Crippen LogP contribution in [0, 0.1) is 11.6 Å². The fourth-order valence-corrected chi connectivity index (χ4v) is 4.99. The van der Waals surface area contributed by atoms with Crippen molar-refractivity contribution in [2.75, 3.05) is 45.0 Å². The van der Waals surface area contributed by atoms with Crippen LogP contribution >= 0.6 is 0 Å². The molecule has 0 aliphatic heterocycles. The molecule has 11 nitrogen and oxygen atoms in total. The number of hydrogen-bond acceptors (Lipinski definition) is 8. The molecule has 3 N–H and O–H groups in total. The largest absolute Gasteiger partial charge is 0.491 e. The molecule has 4 atom stereocenters. The Hall–Kier alpha value is -4.11. The van der Waals surface area contributed by atoms with Crippen LogP contribution in [0.2, 0.25) is 0 Å². The number of rotatable bonds is 16. The number of aliphatic hydroxyl groups excluding tert-OH is 1. The molecular formula is C32H39F2N3O8S. The van der Waals surface area contributed by atoms with Gasteiger partial charge in [0.2, 0.25) is 10.0 Å². The minimum Gasteiger partial charge on any atom is -0.491 e.